The van der Waals surface area contributed by atoms with E-state index < -0.39 is 0 Å². The molecule has 0 fully saturated rings. The third-order valence-electron chi connectivity index (χ3n) is 2.89. The molecule has 0 spiro atoms. The number of rotatable bonds is 0. The Hall–Kier alpha value is -1.35. The van der Waals surface area contributed by atoms with Crippen LogP contribution in [-0.4, -0.2) is 7.85 Å². The first-order valence-electron chi connectivity index (χ1n) is 5.59. The molecule has 1 heterocycles. The van der Waals surface area contributed by atoms with E-state index in [1.807, 2.05) is 6.07 Å². The van der Waals surface area contributed by atoms with E-state index in [9.17, 15) is 0 Å². The molecule has 0 aromatic heterocycles. The van der Waals surface area contributed by atoms with Crippen molar-refractivity contribution in [3.63, 3.8) is 0 Å². The first kappa shape index (κ1) is 10.8. The molecule has 3 rings (SSSR count). The highest BCUT2D eigenvalue weighted by molar-refractivity contribution is 7.99. The average molecular weight is 237 g/mol. The summed E-state index contributed by atoms with van der Waals surface area (Å²) in [5.41, 5.74) is 5.48. The van der Waals surface area contributed by atoms with Crippen molar-refractivity contribution >= 4 is 36.4 Å². The average Bonchev–Trinajstić information content (AvgIpc) is 2.26. The summed E-state index contributed by atoms with van der Waals surface area (Å²) in [4.78, 5) is 2.48. The summed E-state index contributed by atoms with van der Waals surface area (Å²) in [6.45, 7) is 4.18. The van der Waals surface area contributed by atoms with Gasteiger partial charge in [-0.1, -0.05) is 34.9 Å². The first-order chi connectivity index (χ1) is 8.13. The monoisotopic (exact) mass is 237 g/mol. The molecule has 0 saturated carbocycles. The maximum atomic E-state index is 6.05. The number of hydrogen-bond acceptors (Lipinski definition) is 2. The van der Waals surface area contributed by atoms with Crippen LogP contribution in [0.2, 0.25) is 0 Å². The number of fused-ring (bicyclic) bond motifs is 2. The third kappa shape index (κ3) is 1.85. The minimum atomic E-state index is 0.818. The maximum absolute atomic E-state index is 6.05. The zero-order valence-electron chi connectivity index (χ0n) is 9.87. The minimum Gasteiger partial charge on any atom is -0.354 e. The Balaban J connectivity index is 2.14. The molecule has 3 heteroatoms. The Kier molecular flexibility index (Phi) is 2.44. The van der Waals surface area contributed by atoms with E-state index in [4.69, 9.17) is 7.85 Å². The summed E-state index contributed by atoms with van der Waals surface area (Å²) in [6.07, 6.45) is 0. The van der Waals surface area contributed by atoms with Gasteiger partial charge in [0, 0.05) is 15.5 Å². The van der Waals surface area contributed by atoms with Crippen LogP contribution < -0.4 is 10.8 Å². The molecule has 0 saturated heterocycles. The van der Waals surface area contributed by atoms with E-state index in [1.165, 1.54) is 20.9 Å². The molecule has 2 aromatic rings. The van der Waals surface area contributed by atoms with Gasteiger partial charge in [-0.05, 0) is 37.6 Å². The lowest BCUT2D eigenvalue weighted by molar-refractivity contribution is 1.28. The summed E-state index contributed by atoms with van der Waals surface area (Å²) in [7, 11) is 6.05. The Morgan fingerprint density at radius 3 is 2.59 bits per heavy atom. The van der Waals surface area contributed by atoms with Gasteiger partial charge >= 0.3 is 0 Å². The number of hydrogen-bond donors (Lipinski definition) is 1. The standard InChI is InChI=1S/C14H12BNS/c1-8-3-4-11-12(6-8)17-13-7-9(2)5-10(15)14(13)16-11/h3-7,16H,1-2H3. The Bertz CT molecular complexity index is 607. The fourth-order valence-corrected chi connectivity index (χ4v) is 3.29. The molecule has 0 amide bonds. The maximum Gasteiger partial charge on any atom is 0.116 e. The van der Waals surface area contributed by atoms with Crippen LogP contribution in [0, 0.1) is 13.8 Å². The van der Waals surface area contributed by atoms with E-state index >= 15 is 0 Å². The second kappa shape index (κ2) is 3.85. The molecule has 1 nitrogen and oxygen atoms in total. The molecule has 0 unspecified atom stereocenters. The Morgan fingerprint density at radius 1 is 1.00 bits per heavy atom. The van der Waals surface area contributed by atoms with Gasteiger partial charge in [0.05, 0.1) is 5.69 Å². The van der Waals surface area contributed by atoms with Crippen LogP contribution >= 0.6 is 11.8 Å². The number of nitrogens with one attached hydrogen (secondary N) is 1. The Morgan fingerprint density at radius 2 is 1.76 bits per heavy atom. The largest absolute Gasteiger partial charge is 0.354 e. The molecule has 2 radical (unpaired) electrons. The summed E-state index contributed by atoms with van der Waals surface area (Å²) >= 11 is 1.78. The molecular weight excluding hydrogens is 225 g/mol. The van der Waals surface area contributed by atoms with Crippen LogP contribution in [0.5, 0.6) is 0 Å². The summed E-state index contributed by atoms with van der Waals surface area (Å²) in [5, 5.41) is 3.42. The SMILES string of the molecule is [B]c1cc(C)cc2c1Nc1ccc(C)cc1S2. The van der Waals surface area contributed by atoms with Gasteiger partial charge in [-0.25, -0.2) is 0 Å². The van der Waals surface area contributed by atoms with Crippen LogP contribution in [0.3, 0.4) is 0 Å². The zero-order valence-corrected chi connectivity index (χ0v) is 10.7. The lowest BCUT2D eigenvalue weighted by Crippen LogP contribution is -2.14. The second-order valence-electron chi connectivity index (χ2n) is 4.45. The summed E-state index contributed by atoms with van der Waals surface area (Å²) < 4.78 is 0. The van der Waals surface area contributed by atoms with Crippen molar-refractivity contribution in [2.45, 2.75) is 23.6 Å². The molecule has 0 aliphatic carbocycles. The van der Waals surface area contributed by atoms with Crippen molar-refractivity contribution in [2.24, 2.45) is 0 Å². The van der Waals surface area contributed by atoms with Gasteiger partial charge in [0.25, 0.3) is 0 Å². The van der Waals surface area contributed by atoms with E-state index in [2.05, 4.69) is 43.4 Å². The molecule has 1 aliphatic heterocycles. The van der Waals surface area contributed by atoms with Crippen LogP contribution in [0.1, 0.15) is 11.1 Å². The minimum absolute atomic E-state index is 0.818. The van der Waals surface area contributed by atoms with Gasteiger partial charge in [-0.3, -0.25) is 0 Å². The van der Waals surface area contributed by atoms with Crippen molar-refractivity contribution in [3.05, 3.63) is 41.5 Å². The molecule has 2 aromatic carbocycles. The van der Waals surface area contributed by atoms with Crippen LogP contribution in [-0.2, 0) is 0 Å². The predicted molar refractivity (Wildman–Crippen MR) is 75.2 cm³/mol. The highest BCUT2D eigenvalue weighted by Gasteiger charge is 2.17. The lowest BCUT2D eigenvalue weighted by atomic mass is 9.92. The van der Waals surface area contributed by atoms with Gasteiger partial charge in [-0.15, -0.1) is 0 Å². The highest BCUT2D eigenvalue weighted by atomic mass is 32.2. The van der Waals surface area contributed by atoms with Gasteiger partial charge in [-0.2, -0.15) is 0 Å². The fourth-order valence-electron chi connectivity index (χ4n) is 2.06. The predicted octanol–water partition coefficient (Wildman–Crippen LogP) is 3.31. The number of anilines is 2. The van der Waals surface area contributed by atoms with Gasteiger partial charge in [0.15, 0.2) is 0 Å². The van der Waals surface area contributed by atoms with Crippen LogP contribution in [0.15, 0.2) is 40.1 Å². The van der Waals surface area contributed by atoms with E-state index in [1.54, 1.807) is 11.8 Å². The summed E-state index contributed by atoms with van der Waals surface area (Å²) in [5.74, 6) is 0. The molecule has 1 N–H and O–H groups in total. The van der Waals surface area contributed by atoms with Crippen LogP contribution in [0.4, 0.5) is 11.4 Å². The third-order valence-corrected chi connectivity index (χ3v) is 3.99. The smallest absolute Gasteiger partial charge is 0.116 e. The van der Waals surface area contributed by atoms with Gasteiger partial charge in [0.2, 0.25) is 0 Å². The highest BCUT2D eigenvalue weighted by Crippen LogP contribution is 2.43. The normalized spacial score (nSPS) is 12.6. The Labute approximate surface area is 107 Å². The zero-order chi connectivity index (χ0) is 12.0. The van der Waals surface area contributed by atoms with Crippen molar-refractivity contribution in [3.8, 4) is 0 Å². The van der Waals surface area contributed by atoms with E-state index in [0.29, 0.717) is 0 Å². The van der Waals surface area contributed by atoms with Crippen LogP contribution in [0.25, 0.3) is 0 Å². The lowest BCUT2D eigenvalue weighted by Gasteiger charge is -2.23. The van der Waals surface area contributed by atoms with E-state index in [-0.39, 0.29) is 0 Å². The van der Waals surface area contributed by atoms with Crippen molar-refractivity contribution in [2.75, 3.05) is 5.32 Å². The molecule has 0 bridgehead atoms. The van der Waals surface area contributed by atoms with E-state index in [0.717, 1.165) is 16.8 Å². The molecular formula is C14H12BNS. The van der Waals surface area contributed by atoms with Crippen molar-refractivity contribution < 1.29 is 0 Å². The molecule has 82 valence electrons. The molecule has 0 atom stereocenters. The topological polar surface area (TPSA) is 12.0 Å². The van der Waals surface area contributed by atoms with Gasteiger partial charge in [0.1, 0.15) is 7.85 Å². The van der Waals surface area contributed by atoms with Crippen molar-refractivity contribution in [1.82, 2.24) is 0 Å². The quantitative estimate of drug-likeness (QED) is 0.602. The van der Waals surface area contributed by atoms with Crippen molar-refractivity contribution in [1.29, 1.82) is 0 Å². The van der Waals surface area contributed by atoms with Gasteiger partial charge < -0.3 is 5.32 Å². The molecule has 1 aliphatic rings. The number of aryl methyl sites for hydroxylation is 2. The fraction of sp³-hybridized carbons (Fsp3) is 0.143. The summed E-state index contributed by atoms with van der Waals surface area (Å²) in [6, 6.07) is 10.6. The molecule has 17 heavy (non-hydrogen) atoms. The second-order valence-corrected chi connectivity index (χ2v) is 5.54. The first-order valence-corrected chi connectivity index (χ1v) is 6.41. The number of benzene rings is 2.